The van der Waals surface area contributed by atoms with Crippen LogP contribution in [0.25, 0.3) is 33.7 Å². The lowest BCUT2D eigenvalue weighted by Gasteiger charge is -2.05. The first kappa shape index (κ1) is 22.4. The van der Waals surface area contributed by atoms with Gasteiger partial charge >= 0.3 is 0 Å². The summed E-state index contributed by atoms with van der Waals surface area (Å²) in [4.78, 5) is 18.0. The van der Waals surface area contributed by atoms with Crippen molar-refractivity contribution >= 4 is 34.0 Å². The fourth-order valence-corrected chi connectivity index (χ4v) is 4.54. The van der Waals surface area contributed by atoms with Gasteiger partial charge in [0, 0.05) is 22.2 Å². The average Bonchev–Trinajstić information content (AvgIpc) is 3.55. The molecule has 0 atom stereocenters. The lowest BCUT2D eigenvalue weighted by atomic mass is 10.2. The molecule has 2 aromatic carbocycles. The van der Waals surface area contributed by atoms with E-state index >= 15 is 0 Å². The molecule has 0 aliphatic rings. The molecule has 5 rings (SSSR count). The van der Waals surface area contributed by atoms with Crippen LogP contribution in [0.15, 0.2) is 69.9 Å². The smallest absolute Gasteiger partial charge is 0.291 e. The number of nitrogens with zero attached hydrogens (tertiary/aromatic N) is 3. The van der Waals surface area contributed by atoms with Gasteiger partial charge in [0.25, 0.3) is 5.56 Å². The molecule has 172 valence electrons. The van der Waals surface area contributed by atoms with Gasteiger partial charge in [0.2, 0.25) is 4.96 Å². The van der Waals surface area contributed by atoms with Crippen LogP contribution in [0.3, 0.4) is 0 Å². The number of halogens is 1. The molecule has 0 N–H and O–H groups in total. The predicted octanol–water partition coefficient (Wildman–Crippen LogP) is 5.85. The van der Waals surface area contributed by atoms with Gasteiger partial charge in [0.1, 0.15) is 21.8 Å². The van der Waals surface area contributed by atoms with E-state index in [1.54, 1.807) is 6.08 Å². The van der Waals surface area contributed by atoms with Crippen molar-refractivity contribution in [1.82, 2.24) is 14.6 Å². The fraction of sp³-hybridized carbons (Fsp3) is 0.192. The van der Waals surface area contributed by atoms with Crippen LogP contribution in [0.4, 0.5) is 0 Å². The second kappa shape index (κ2) is 9.83. The minimum Gasteiger partial charge on any atom is -0.494 e. The molecule has 0 saturated carbocycles. The van der Waals surface area contributed by atoms with Gasteiger partial charge in [0.05, 0.1) is 6.61 Å². The van der Waals surface area contributed by atoms with E-state index in [4.69, 9.17) is 20.8 Å². The van der Waals surface area contributed by atoms with Crippen LogP contribution >= 0.6 is 22.9 Å². The number of hydrogen-bond acceptors (Lipinski definition) is 6. The van der Waals surface area contributed by atoms with Crippen LogP contribution in [0.2, 0.25) is 5.02 Å². The molecule has 3 aromatic heterocycles. The maximum absolute atomic E-state index is 12.9. The molecule has 0 amide bonds. The molecule has 0 fully saturated rings. The Hall–Kier alpha value is -3.42. The first-order valence-electron chi connectivity index (χ1n) is 11.1. The second-order valence-electron chi connectivity index (χ2n) is 7.83. The van der Waals surface area contributed by atoms with Crippen molar-refractivity contribution in [3.63, 3.8) is 0 Å². The number of aromatic nitrogens is 3. The highest BCUT2D eigenvalue weighted by Gasteiger charge is 2.13. The predicted molar refractivity (Wildman–Crippen MR) is 136 cm³/mol. The minimum atomic E-state index is -0.223. The van der Waals surface area contributed by atoms with Gasteiger partial charge in [-0.3, -0.25) is 4.79 Å². The maximum Gasteiger partial charge on any atom is 0.291 e. The van der Waals surface area contributed by atoms with Gasteiger partial charge in [0.15, 0.2) is 5.82 Å². The van der Waals surface area contributed by atoms with Crippen molar-refractivity contribution in [2.75, 3.05) is 6.61 Å². The van der Waals surface area contributed by atoms with Crippen molar-refractivity contribution < 1.29 is 9.15 Å². The third-order valence-corrected chi connectivity index (χ3v) is 6.55. The number of unbranched alkanes of at least 4 members (excludes halogenated alkanes) is 2. The van der Waals surface area contributed by atoms with Gasteiger partial charge in [-0.05, 0) is 67.1 Å². The minimum absolute atomic E-state index is 0.223. The molecule has 0 bridgehead atoms. The van der Waals surface area contributed by atoms with Gasteiger partial charge in [-0.25, -0.2) is 0 Å². The average molecular weight is 492 g/mol. The van der Waals surface area contributed by atoms with Crippen LogP contribution in [0.1, 0.15) is 31.9 Å². The molecule has 0 spiro atoms. The van der Waals surface area contributed by atoms with Crippen LogP contribution < -0.4 is 14.8 Å². The standard InChI is InChI=1S/C26H22ClN3O3S/c1-2-3-4-15-32-20-11-7-18(8-12-20)24-28-26-30(29-24)25(31)23(34-26)16-21-13-14-22(33-21)17-5-9-19(27)10-6-17/h5-14,16H,2-4,15H2,1H3/b23-16-. The number of hydrogen-bond donors (Lipinski definition) is 0. The van der Waals surface area contributed by atoms with Gasteiger partial charge in [-0.1, -0.05) is 42.7 Å². The van der Waals surface area contributed by atoms with E-state index in [0.717, 1.165) is 29.7 Å². The molecule has 0 aliphatic heterocycles. The highest BCUT2D eigenvalue weighted by atomic mass is 35.5. The highest BCUT2D eigenvalue weighted by molar-refractivity contribution is 7.15. The third-order valence-electron chi connectivity index (χ3n) is 5.34. The first-order chi connectivity index (χ1) is 16.6. The van der Waals surface area contributed by atoms with Crippen molar-refractivity contribution in [1.29, 1.82) is 0 Å². The third kappa shape index (κ3) is 4.76. The van der Waals surface area contributed by atoms with Crippen LogP contribution in [0.5, 0.6) is 5.75 Å². The number of rotatable bonds is 8. The molecule has 0 radical (unpaired) electrons. The molecule has 0 saturated heterocycles. The zero-order chi connectivity index (χ0) is 23.5. The SMILES string of the molecule is CCCCCOc1ccc(-c2nc3s/c(=C\c4ccc(-c5ccc(Cl)cc5)o4)c(=O)n3n2)cc1. The molecular formula is C26H22ClN3O3S. The Morgan fingerprint density at radius 2 is 1.79 bits per heavy atom. The topological polar surface area (TPSA) is 69.6 Å². The molecule has 6 nitrogen and oxygen atoms in total. The number of ether oxygens (including phenoxy) is 1. The van der Waals surface area contributed by atoms with E-state index in [-0.39, 0.29) is 5.56 Å². The van der Waals surface area contributed by atoms with Gasteiger partial charge < -0.3 is 9.15 Å². The monoisotopic (exact) mass is 491 g/mol. The van der Waals surface area contributed by atoms with Crippen LogP contribution in [-0.2, 0) is 0 Å². The van der Waals surface area contributed by atoms with Crippen LogP contribution in [0, 0.1) is 0 Å². The summed E-state index contributed by atoms with van der Waals surface area (Å²) in [7, 11) is 0. The summed E-state index contributed by atoms with van der Waals surface area (Å²) >= 11 is 7.23. The van der Waals surface area contributed by atoms with E-state index in [1.165, 1.54) is 22.3 Å². The van der Waals surface area contributed by atoms with E-state index < -0.39 is 0 Å². The molecule has 0 unspecified atom stereocenters. The zero-order valence-corrected chi connectivity index (χ0v) is 20.1. The first-order valence-corrected chi connectivity index (χ1v) is 12.3. The van der Waals surface area contributed by atoms with Crippen molar-refractivity contribution in [3.05, 3.63) is 86.3 Å². The summed E-state index contributed by atoms with van der Waals surface area (Å²) < 4.78 is 13.5. The van der Waals surface area contributed by atoms with E-state index in [9.17, 15) is 4.79 Å². The van der Waals surface area contributed by atoms with Crippen molar-refractivity contribution in [2.45, 2.75) is 26.2 Å². The Morgan fingerprint density at radius 3 is 2.53 bits per heavy atom. The number of benzene rings is 2. The Balaban J connectivity index is 1.35. The Morgan fingerprint density at radius 1 is 1.03 bits per heavy atom. The fourth-order valence-electron chi connectivity index (χ4n) is 3.53. The molecule has 0 aliphatic carbocycles. The van der Waals surface area contributed by atoms with Gasteiger partial charge in [-0.2, -0.15) is 9.50 Å². The van der Waals surface area contributed by atoms with Crippen LogP contribution in [-0.4, -0.2) is 21.2 Å². The van der Waals surface area contributed by atoms with Crippen molar-refractivity contribution in [3.8, 4) is 28.5 Å². The highest BCUT2D eigenvalue weighted by Crippen LogP contribution is 2.24. The van der Waals surface area contributed by atoms with E-state index in [2.05, 4.69) is 17.0 Å². The Kier molecular flexibility index (Phi) is 6.47. The summed E-state index contributed by atoms with van der Waals surface area (Å²) in [5, 5.41) is 5.09. The number of thiazole rings is 1. The molecule has 5 aromatic rings. The summed E-state index contributed by atoms with van der Waals surface area (Å²) in [6.07, 6.45) is 5.09. The van der Waals surface area contributed by atoms with E-state index in [1.807, 2.05) is 60.7 Å². The molecular weight excluding hydrogens is 470 g/mol. The van der Waals surface area contributed by atoms with Gasteiger partial charge in [-0.15, -0.1) is 5.10 Å². The summed E-state index contributed by atoms with van der Waals surface area (Å²) in [6, 6.07) is 18.7. The zero-order valence-electron chi connectivity index (χ0n) is 18.5. The molecule has 34 heavy (non-hydrogen) atoms. The Bertz CT molecular complexity index is 1520. The normalized spacial score (nSPS) is 12.0. The number of fused-ring (bicyclic) bond motifs is 1. The second-order valence-corrected chi connectivity index (χ2v) is 9.28. The Labute approximate surface area is 205 Å². The largest absolute Gasteiger partial charge is 0.494 e. The number of furan rings is 1. The quantitative estimate of drug-likeness (QED) is 0.255. The molecule has 8 heteroatoms. The lowest BCUT2D eigenvalue weighted by molar-refractivity contribution is 0.306. The summed E-state index contributed by atoms with van der Waals surface area (Å²) in [5.74, 6) is 2.62. The van der Waals surface area contributed by atoms with Crippen molar-refractivity contribution in [2.24, 2.45) is 0 Å². The van der Waals surface area contributed by atoms with E-state index in [0.29, 0.717) is 38.5 Å². The lowest BCUT2D eigenvalue weighted by Crippen LogP contribution is -2.23. The summed E-state index contributed by atoms with van der Waals surface area (Å²) in [6.45, 7) is 2.88. The summed E-state index contributed by atoms with van der Waals surface area (Å²) in [5.41, 5.74) is 1.52. The maximum atomic E-state index is 12.9. The molecule has 3 heterocycles.